The number of amides is 1. The highest BCUT2D eigenvalue weighted by Gasteiger charge is 2.17. The molecule has 2 aromatic heterocycles. The van der Waals surface area contributed by atoms with Gasteiger partial charge in [0.25, 0.3) is 0 Å². The van der Waals surface area contributed by atoms with Crippen LogP contribution in [0.4, 0.5) is 5.69 Å². The van der Waals surface area contributed by atoms with Crippen LogP contribution in [-0.2, 0) is 4.79 Å². The number of aromatic nitrogens is 3. The van der Waals surface area contributed by atoms with Crippen LogP contribution in [0.2, 0.25) is 0 Å². The fraction of sp³-hybridized carbons (Fsp3) is 0.381. The average molecular weight is 350 g/mol. The van der Waals surface area contributed by atoms with Crippen LogP contribution >= 0.6 is 0 Å². The highest BCUT2D eigenvalue weighted by Crippen LogP contribution is 2.26. The average Bonchev–Trinajstić information content (AvgIpc) is 2.99. The van der Waals surface area contributed by atoms with Gasteiger partial charge in [-0.15, -0.1) is 0 Å². The first kappa shape index (κ1) is 18.1. The predicted octanol–water partition coefficient (Wildman–Crippen LogP) is 4.86. The summed E-state index contributed by atoms with van der Waals surface area (Å²) in [7, 11) is 0. The van der Waals surface area contributed by atoms with E-state index < -0.39 is 0 Å². The first-order valence-electron chi connectivity index (χ1n) is 9.35. The van der Waals surface area contributed by atoms with Crippen LogP contribution in [0.3, 0.4) is 0 Å². The normalized spacial score (nSPS) is 11.2. The van der Waals surface area contributed by atoms with Gasteiger partial charge >= 0.3 is 0 Å². The van der Waals surface area contributed by atoms with Crippen molar-refractivity contribution in [3.8, 4) is 11.3 Å². The van der Waals surface area contributed by atoms with Crippen molar-refractivity contribution in [1.29, 1.82) is 0 Å². The number of rotatable bonds is 7. The third-order valence-corrected chi connectivity index (χ3v) is 4.69. The monoisotopic (exact) mass is 350 g/mol. The van der Waals surface area contributed by atoms with Gasteiger partial charge in [0.15, 0.2) is 0 Å². The molecule has 0 aliphatic heterocycles. The van der Waals surface area contributed by atoms with E-state index in [0.29, 0.717) is 5.78 Å². The zero-order chi connectivity index (χ0) is 18.5. The molecule has 0 unspecified atom stereocenters. The zero-order valence-corrected chi connectivity index (χ0v) is 15.7. The van der Waals surface area contributed by atoms with Crippen molar-refractivity contribution in [2.45, 2.75) is 46.5 Å². The lowest BCUT2D eigenvalue weighted by atomic mass is 9.97. The minimum atomic E-state index is 0.0785. The molecular weight excluding hydrogens is 324 g/mol. The summed E-state index contributed by atoms with van der Waals surface area (Å²) in [6.07, 6.45) is 7.59. The Kier molecular flexibility index (Phi) is 5.66. The predicted molar refractivity (Wildman–Crippen MR) is 105 cm³/mol. The number of carbonyl (C=O) groups is 1. The SMILES string of the molecule is CCCC(CCC)C(=O)Nc1cccc(-c2nc3ncccn3c2C)c1. The largest absolute Gasteiger partial charge is 0.326 e. The summed E-state index contributed by atoms with van der Waals surface area (Å²) in [5.74, 6) is 0.870. The van der Waals surface area contributed by atoms with Crippen LogP contribution in [0.15, 0.2) is 42.7 Å². The Hall–Kier alpha value is -2.69. The Morgan fingerprint density at radius 3 is 2.65 bits per heavy atom. The Bertz CT molecular complexity index is 894. The molecule has 2 heterocycles. The molecule has 26 heavy (non-hydrogen) atoms. The van der Waals surface area contributed by atoms with Crippen LogP contribution in [0, 0.1) is 12.8 Å². The minimum absolute atomic E-state index is 0.0785. The van der Waals surface area contributed by atoms with Gasteiger partial charge in [0.05, 0.1) is 5.69 Å². The lowest BCUT2D eigenvalue weighted by molar-refractivity contribution is -0.120. The molecule has 5 nitrogen and oxygen atoms in total. The molecule has 1 N–H and O–H groups in total. The molecule has 0 saturated heterocycles. The van der Waals surface area contributed by atoms with Gasteiger partial charge in [-0.2, -0.15) is 0 Å². The Labute approximate surface area is 154 Å². The third-order valence-electron chi connectivity index (χ3n) is 4.69. The highest BCUT2D eigenvalue weighted by molar-refractivity contribution is 5.93. The number of hydrogen-bond acceptors (Lipinski definition) is 3. The summed E-state index contributed by atoms with van der Waals surface area (Å²) >= 11 is 0. The van der Waals surface area contributed by atoms with Gasteiger partial charge in [0.1, 0.15) is 0 Å². The van der Waals surface area contributed by atoms with E-state index in [1.807, 2.05) is 47.9 Å². The van der Waals surface area contributed by atoms with Crippen LogP contribution in [0.25, 0.3) is 17.0 Å². The first-order chi connectivity index (χ1) is 12.6. The number of nitrogens with one attached hydrogen (secondary N) is 1. The van der Waals surface area contributed by atoms with Crippen molar-refractivity contribution in [1.82, 2.24) is 14.4 Å². The summed E-state index contributed by atoms with van der Waals surface area (Å²) < 4.78 is 1.97. The van der Waals surface area contributed by atoms with Crippen LogP contribution in [0.5, 0.6) is 0 Å². The Morgan fingerprint density at radius 2 is 1.96 bits per heavy atom. The van der Waals surface area contributed by atoms with E-state index in [4.69, 9.17) is 0 Å². The van der Waals surface area contributed by atoms with Gasteiger partial charge in [0, 0.05) is 35.3 Å². The molecule has 0 aliphatic carbocycles. The zero-order valence-electron chi connectivity index (χ0n) is 15.7. The van der Waals surface area contributed by atoms with Crippen LogP contribution in [-0.4, -0.2) is 20.3 Å². The number of anilines is 1. The number of hydrogen-bond donors (Lipinski definition) is 1. The molecule has 0 saturated carbocycles. The second-order valence-electron chi connectivity index (χ2n) is 6.68. The standard InChI is InChI=1S/C21H26N4O/c1-4-8-16(9-5-2)20(26)23-18-11-6-10-17(14-18)19-15(3)25-13-7-12-22-21(25)24-19/h6-7,10-14,16H,4-5,8-9H2,1-3H3,(H,23,26). The number of aryl methyl sites for hydroxylation is 1. The molecule has 1 amide bonds. The second-order valence-corrected chi connectivity index (χ2v) is 6.68. The summed E-state index contributed by atoms with van der Waals surface area (Å²) in [6.45, 7) is 6.27. The number of benzene rings is 1. The van der Waals surface area contributed by atoms with Crippen molar-refractivity contribution in [3.05, 3.63) is 48.4 Å². The van der Waals surface area contributed by atoms with E-state index in [0.717, 1.165) is 48.3 Å². The van der Waals surface area contributed by atoms with Crippen LogP contribution in [0.1, 0.15) is 45.2 Å². The topological polar surface area (TPSA) is 59.3 Å². The van der Waals surface area contributed by atoms with Gasteiger partial charge in [-0.3, -0.25) is 9.20 Å². The molecule has 3 aromatic rings. The van der Waals surface area contributed by atoms with Gasteiger partial charge in [-0.1, -0.05) is 38.8 Å². The van der Waals surface area contributed by atoms with Gasteiger partial charge in [-0.05, 0) is 38.0 Å². The molecule has 5 heteroatoms. The van der Waals surface area contributed by atoms with E-state index in [1.165, 1.54) is 0 Å². The van der Waals surface area contributed by atoms with Crippen molar-refractivity contribution < 1.29 is 4.79 Å². The number of carbonyl (C=O) groups excluding carboxylic acids is 1. The van der Waals surface area contributed by atoms with E-state index in [1.54, 1.807) is 6.20 Å². The summed E-state index contributed by atoms with van der Waals surface area (Å²) in [5, 5.41) is 3.09. The quantitative estimate of drug-likeness (QED) is 0.662. The molecule has 0 atom stereocenters. The molecule has 0 spiro atoms. The molecule has 0 aliphatic rings. The van der Waals surface area contributed by atoms with Crippen LogP contribution < -0.4 is 5.32 Å². The van der Waals surface area contributed by atoms with Crippen molar-refractivity contribution in [2.75, 3.05) is 5.32 Å². The van der Waals surface area contributed by atoms with E-state index in [-0.39, 0.29) is 11.8 Å². The smallest absolute Gasteiger partial charge is 0.234 e. The van der Waals surface area contributed by atoms with Crippen molar-refractivity contribution in [3.63, 3.8) is 0 Å². The van der Waals surface area contributed by atoms with Gasteiger partial charge in [-0.25, -0.2) is 9.97 Å². The lowest BCUT2D eigenvalue weighted by Crippen LogP contribution is -2.22. The molecule has 136 valence electrons. The van der Waals surface area contributed by atoms with E-state index in [9.17, 15) is 4.79 Å². The molecule has 1 aromatic carbocycles. The summed E-state index contributed by atoms with van der Waals surface area (Å²) in [6, 6.07) is 9.78. The maximum Gasteiger partial charge on any atom is 0.234 e. The lowest BCUT2D eigenvalue weighted by Gasteiger charge is -2.15. The summed E-state index contributed by atoms with van der Waals surface area (Å²) in [5.41, 5.74) is 3.72. The Balaban J connectivity index is 1.86. The van der Waals surface area contributed by atoms with Crippen molar-refractivity contribution in [2.24, 2.45) is 5.92 Å². The molecule has 0 radical (unpaired) electrons. The minimum Gasteiger partial charge on any atom is -0.326 e. The molecular formula is C21H26N4O. The fourth-order valence-electron chi connectivity index (χ4n) is 3.37. The second kappa shape index (κ2) is 8.13. The maximum absolute atomic E-state index is 12.6. The number of nitrogens with zero attached hydrogens (tertiary/aromatic N) is 3. The van der Waals surface area contributed by atoms with Gasteiger partial charge in [0.2, 0.25) is 11.7 Å². The van der Waals surface area contributed by atoms with E-state index >= 15 is 0 Å². The third kappa shape index (κ3) is 3.77. The molecule has 0 bridgehead atoms. The maximum atomic E-state index is 12.6. The molecule has 3 rings (SSSR count). The van der Waals surface area contributed by atoms with E-state index in [2.05, 4.69) is 29.1 Å². The van der Waals surface area contributed by atoms with Crippen molar-refractivity contribution >= 4 is 17.4 Å². The fourth-order valence-corrected chi connectivity index (χ4v) is 3.37. The van der Waals surface area contributed by atoms with Gasteiger partial charge < -0.3 is 5.32 Å². The number of imidazole rings is 1. The summed E-state index contributed by atoms with van der Waals surface area (Å²) in [4.78, 5) is 21.5. The highest BCUT2D eigenvalue weighted by atomic mass is 16.1. The first-order valence-corrected chi connectivity index (χ1v) is 9.35. The number of fused-ring (bicyclic) bond motifs is 1. The Morgan fingerprint density at radius 1 is 1.19 bits per heavy atom. The molecule has 0 fully saturated rings.